The predicted octanol–water partition coefficient (Wildman–Crippen LogP) is 0.975. The third-order valence-electron chi connectivity index (χ3n) is 3.18. The van der Waals surface area contributed by atoms with Crippen molar-refractivity contribution in [3.8, 4) is 0 Å². The van der Waals surface area contributed by atoms with Crippen LogP contribution in [-0.4, -0.2) is 23.5 Å². The summed E-state index contributed by atoms with van der Waals surface area (Å²) in [5.74, 6) is 0.0504. The molecule has 1 aromatic heterocycles. The zero-order valence-corrected chi connectivity index (χ0v) is 11.1. The Labute approximate surface area is 110 Å². The number of aromatic amines is 1. The summed E-state index contributed by atoms with van der Waals surface area (Å²) in [6.45, 7) is 1.48. The van der Waals surface area contributed by atoms with Gasteiger partial charge in [-0.25, -0.2) is 0 Å². The second-order valence-electron chi connectivity index (χ2n) is 4.64. The normalized spacial score (nSPS) is 19.7. The molecule has 18 heavy (non-hydrogen) atoms. The fourth-order valence-electron chi connectivity index (χ4n) is 2.16. The number of aromatic nitrogens is 1. The van der Waals surface area contributed by atoms with Gasteiger partial charge in [0.25, 0.3) is 0 Å². The molecule has 1 fully saturated rings. The molecule has 0 radical (unpaired) electrons. The van der Waals surface area contributed by atoms with E-state index in [9.17, 15) is 9.59 Å². The summed E-state index contributed by atoms with van der Waals surface area (Å²) in [4.78, 5) is 25.1. The standard InChI is InChI=1S/C12H19N3O2S/c16-11(5-4-9-3-1-2-6-13-9)14-7-10-8-18-12(17)15-10/h8-9,13H,1-7H2,(H,14,16)(H,15,17). The van der Waals surface area contributed by atoms with Gasteiger partial charge in [-0.05, 0) is 25.8 Å². The molecule has 1 amide bonds. The Morgan fingerprint density at radius 1 is 1.50 bits per heavy atom. The van der Waals surface area contributed by atoms with E-state index in [2.05, 4.69) is 15.6 Å². The molecule has 1 atom stereocenters. The van der Waals surface area contributed by atoms with Crippen LogP contribution in [0.5, 0.6) is 0 Å². The van der Waals surface area contributed by atoms with Gasteiger partial charge in [-0.2, -0.15) is 0 Å². The van der Waals surface area contributed by atoms with Crippen LogP contribution in [0.2, 0.25) is 0 Å². The Morgan fingerprint density at radius 3 is 3.06 bits per heavy atom. The van der Waals surface area contributed by atoms with E-state index in [4.69, 9.17) is 0 Å². The average Bonchev–Trinajstić information content (AvgIpc) is 2.81. The molecule has 2 rings (SSSR count). The van der Waals surface area contributed by atoms with Crippen molar-refractivity contribution < 1.29 is 4.79 Å². The van der Waals surface area contributed by atoms with Crippen LogP contribution in [0.1, 0.15) is 37.8 Å². The second kappa shape index (κ2) is 6.70. The number of piperidine rings is 1. The molecule has 5 nitrogen and oxygen atoms in total. The quantitative estimate of drug-likeness (QED) is 0.746. The molecule has 0 bridgehead atoms. The van der Waals surface area contributed by atoms with Gasteiger partial charge in [0, 0.05) is 23.5 Å². The van der Waals surface area contributed by atoms with Crippen molar-refractivity contribution in [2.45, 2.75) is 44.7 Å². The summed E-state index contributed by atoms with van der Waals surface area (Å²) < 4.78 is 0. The van der Waals surface area contributed by atoms with E-state index < -0.39 is 0 Å². The molecule has 1 aliphatic heterocycles. The number of hydrogen-bond acceptors (Lipinski definition) is 4. The number of rotatable bonds is 5. The van der Waals surface area contributed by atoms with Crippen LogP contribution in [0.4, 0.5) is 0 Å². The van der Waals surface area contributed by atoms with E-state index in [0.717, 1.165) is 30.0 Å². The Bertz CT molecular complexity index is 435. The van der Waals surface area contributed by atoms with E-state index in [-0.39, 0.29) is 10.8 Å². The van der Waals surface area contributed by atoms with Gasteiger partial charge < -0.3 is 15.6 Å². The summed E-state index contributed by atoms with van der Waals surface area (Å²) in [6.07, 6.45) is 5.12. The zero-order valence-electron chi connectivity index (χ0n) is 10.3. The van der Waals surface area contributed by atoms with Crippen LogP contribution in [-0.2, 0) is 11.3 Å². The van der Waals surface area contributed by atoms with Crippen LogP contribution < -0.4 is 15.5 Å². The molecule has 0 aliphatic carbocycles. The highest BCUT2D eigenvalue weighted by atomic mass is 32.1. The van der Waals surface area contributed by atoms with E-state index in [1.54, 1.807) is 5.38 Å². The summed E-state index contributed by atoms with van der Waals surface area (Å²) in [5.41, 5.74) is 0.772. The van der Waals surface area contributed by atoms with Crippen molar-refractivity contribution in [1.82, 2.24) is 15.6 Å². The lowest BCUT2D eigenvalue weighted by Gasteiger charge is -2.22. The van der Waals surface area contributed by atoms with Gasteiger partial charge in [0.1, 0.15) is 0 Å². The Hall–Kier alpha value is -1.14. The number of nitrogens with one attached hydrogen (secondary N) is 3. The van der Waals surface area contributed by atoms with Crippen LogP contribution in [0, 0.1) is 0 Å². The van der Waals surface area contributed by atoms with Crippen LogP contribution in [0.25, 0.3) is 0 Å². The van der Waals surface area contributed by atoms with Gasteiger partial charge in [0.2, 0.25) is 5.91 Å². The first kappa shape index (κ1) is 13.3. The van der Waals surface area contributed by atoms with E-state index in [1.807, 2.05) is 0 Å². The molecule has 1 saturated heterocycles. The van der Waals surface area contributed by atoms with Gasteiger partial charge in [0.05, 0.1) is 6.54 Å². The summed E-state index contributed by atoms with van der Waals surface area (Å²) in [7, 11) is 0. The van der Waals surface area contributed by atoms with Crippen LogP contribution in [0.3, 0.4) is 0 Å². The zero-order chi connectivity index (χ0) is 12.8. The van der Waals surface area contributed by atoms with Gasteiger partial charge in [-0.1, -0.05) is 17.8 Å². The van der Waals surface area contributed by atoms with E-state index in [0.29, 0.717) is 19.0 Å². The highest BCUT2D eigenvalue weighted by Gasteiger charge is 2.13. The van der Waals surface area contributed by atoms with Crippen LogP contribution >= 0.6 is 11.3 Å². The van der Waals surface area contributed by atoms with Crippen molar-refractivity contribution in [1.29, 1.82) is 0 Å². The van der Waals surface area contributed by atoms with Crippen LogP contribution in [0.15, 0.2) is 10.2 Å². The number of hydrogen-bond donors (Lipinski definition) is 3. The van der Waals surface area contributed by atoms with Crippen molar-refractivity contribution >= 4 is 17.2 Å². The van der Waals surface area contributed by atoms with Crippen molar-refractivity contribution in [3.63, 3.8) is 0 Å². The molecule has 0 aromatic carbocycles. The Balaban J connectivity index is 1.64. The fourth-order valence-corrected chi connectivity index (χ4v) is 2.74. The first-order valence-electron chi connectivity index (χ1n) is 6.41. The average molecular weight is 269 g/mol. The molecular weight excluding hydrogens is 250 g/mol. The first-order chi connectivity index (χ1) is 8.74. The maximum atomic E-state index is 11.6. The number of carbonyl (C=O) groups is 1. The molecule has 0 spiro atoms. The second-order valence-corrected chi connectivity index (χ2v) is 5.48. The molecule has 2 heterocycles. The Morgan fingerprint density at radius 2 is 2.39 bits per heavy atom. The number of amides is 1. The molecule has 1 aliphatic rings. The maximum absolute atomic E-state index is 11.6. The lowest BCUT2D eigenvalue weighted by Crippen LogP contribution is -2.35. The SMILES string of the molecule is O=C(CCC1CCCCN1)NCc1csc(=O)[nH]1. The maximum Gasteiger partial charge on any atom is 0.304 e. The van der Waals surface area contributed by atoms with Crippen molar-refractivity contribution in [2.24, 2.45) is 0 Å². The van der Waals surface area contributed by atoms with Gasteiger partial charge in [-0.3, -0.25) is 9.59 Å². The topological polar surface area (TPSA) is 74.0 Å². The van der Waals surface area contributed by atoms with Crippen molar-refractivity contribution in [2.75, 3.05) is 6.54 Å². The fraction of sp³-hybridized carbons (Fsp3) is 0.667. The largest absolute Gasteiger partial charge is 0.351 e. The minimum atomic E-state index is -0.0781. The number of thiazole rings is 1. The van der Waals surface area contributed by atoms with Gasteiger partial charge in [0.15, 0.2) is 0 Å². The molecule has 100 valence electrons. The molecule has 1 aromatic rings. The summed E-state index contributed by atoms with van der Waals surface area (Å²) in [6, 6.07) is 0.491. The molecule has 3 N–H and O–H groups in total. The number of H-pyrrole nitrogens is 1. The first-order valence-corrected chi connectivity index (χ1v) is 7.29. The lowest BCUT2D eigenvalue weighted by atomic mass is 10.0. The van der Waals surface area contributed by atoms with Crippen molar-refractivity contribution in [3.05, 3.63) is 20.7 Å². The summed E-state index contributed by atoms with van der Waals surface area (Å²) >= 11 is 1.12. The third-order valence-corrected chi connectivity index (χ3v) is 3.90. The smallest absolute Gasteiger partial charge is 0.304 e. The van der Waals surface area contributed by atoms with Gasteiger partial charge >= 0.3 is 4.87 Å². The molecule has 6 heteroatoms. The molecule has 1 unspecified atom stereocenters. The monoisotopic (exact) mass is 269 g/mol. The molecule has 0 saturated carbocycles. The van der Waals surface area contributed by atoms with Gasteiger partial charge in [-0.15, -0.1) is 0 Å². The van der Waals surface area contributed by atoms with E-state index >= 15 is 0 Å². The lowest BCUT2D eigenvalue weighted by molar-refractivity contribution is -0.121. The minimum absolute atomic E-state index is 0.0504. The summed E-state index contributed by atoms with van der Waals surface area (Å²) in [5, 5.41) is 7.99. The third kappa shape index (κ3) is 4.27. The minimum Gasteiger partial charge on any atom is -0.351 e. The highest BCUT2D eigenvalue weighted by Crippen LogP contribution is 2.11. The highest BCUT2D eigenvalue weighted by molar-refractivity contribution is 7.07. The predicted molar refractivity (Wildman–Crippen MR) is 71.7 cm³/mol. The number of carbonyl (C=O) groups excluding carboxylic acids is 1. The Kier molecular flexibility index (Phi) is 4.95. The van der Waals surface area contributed by atoms with E-state index in [1.165, 1.54) is 19.3 Å². The molecular formula is C12H19N3O2S.